The highest BCUT2D eigenvalue weighted by molar-refractivity contribution is 6.35. The van der Waals surface area contributed by atoms with Crippen molar-refractivity contribution in [1.29, 1.82) is 0 Å². The minimum atomic E-state index is -0.490. The first-order valence-electron chi connectivity index (χ1n) is 4.46. The zero-order chi connectivity index (χ0) is 11.7. The Labute approximate surface area is 95.4 Å². The van der Waals surface area contributed by atoms with Crippen molar-refractivity contribution in [2.24, 2.45) is 0 Å². The van der Waals surface area contributed by atoms with Gasteiger partial charge in [-0.15, -0.1) is 0 Å². The second-order valence-corrected chi connectivity index (χ2v) is 3.62. The van der Waals surface area contributed by atoms with E-state index < -0.39 is 4.92 Å². The lowest BCUT2D eigenvalue weighted by Crippen LogP contribution is -1.92. The van der Waals surface area contributed by atoms with E-state index in [-0.39, 0.29) is 12.3 Å². The number of nitro benzene ring substituents is 1. The van der Waals surface area contributed by atoms with Gasteiger partial charge in [-0.05, 0) is 12.1 Å². The van der Waals surface area contributed by atoms with E-state index in [1.165, 1.54) is 24.3 Å². The summed E-state index contributed by atoms with van der Waals surface area (Å²) in [4.78, 5) is 14.2. The maximum absolute atomic E-state index is 10.6. The number of pyridine rings is 1. The molecule has 2 rings (SSSR count). The van der Waals surface area contributed by atoms with Crippen LogP contribution in [0.1, 0.15) is 5.69 Å². The number of benzene rings is 1. The molecular weight excluding hydrogens is 232 g/mol. The van der Waals surface area contributed by atoms with Gasteiger partial charge in [0.1, 0.15) is 0 Å². The number of halogens is 1. The SMILES string of the molecule is O=[N+]([O-])c1ccc2nc(CO)cc(Cl)c2c1. The highest BCUT2D eigenvalue weighted by atomic mass is 35.5. The predicted molar refractivity (Wildman–Crippen MR) is 59.3 cm³/mol. The standard InChI is InChI=1S/C10H7ClN2O3/c11-9-3-6(5-14)12-10-2-1-7(13(15)16)4-8(9)10/h1-4,14H,5H2. The molecule has 0 atom stereocenters. The molecule has 0 bridgehead atoms. The molecule has 0 saturated carbocycles. The third kappa shape index (κ3) is 1.82. The molecule has 0 aliphatic carbocycles. The van der Waals surface area contributed by atoms with Crippen LogP contribution < -0.4 is 0 Å². The van der Waals surface area contributed by atoms with Gasteiger partial charge in [-0.1, -0.05) is 11.6 Å². The highest BCUT2D eigenvalue weighted by Gasteiger charge is 2.10. The van der Waals surface area contributed by atoms with Crippen molar-refractivity contribution in [3.05, 3.63) is 45.1 Å². The van der Waals surface area contributed by atoms with Crippen molar-refractivity contribution in [3.8, 4) is 0 Å². The van der Waals surface area contributed by atoms with Gasteiger partial charge < -0.3 is 5.11 Å². The summed E-state index contributed by atoms with van der Waals surface area (Å²) >= 11 is 5.94. The quantitative estimate of drug-likeness (QED) is 0.643. The number of non-ortho nitro benzene ring substituents is 1. The van der Waals surface area contributed by atoms with Gasteiger partial charge in [0, 0.05) is 17.5 Å². The Kier molecular flexibility index (Phi) is 2.72. The normalized spacial score (nSPS) is 10.6. The van der Waals surface area contributed by atoms with Crippen molar-refractivity contribution >= 4 is 28.2 Å². The lowest BCUT2D eigenvalue weighted by Gasteiger charge is -2.02. The summed E-state index contributed by atoms with van der Waals surface area (Å²) in [6.07, 6.45) is 0. The first-order chi connectivity index (χ1) is 7.61. The van der Waals surface area contributed by atoms with Crippen LogP contribution in [0.2, 0.25) is 5.02 Å². The first kappa shape index (κ1) is 10.8. The second kappa shape index (κ2) is 4.03. The van der Waals surface area contributed by atoms with Gasteiger partial charge in [-0.25, -0.2) is 0 Å². The number of rotatable bonds is 2. The van der Waals surface area contributed by atoms with Crippen molar-refractivity contribution < 1.29 is 10.0 Å². The fourth-order valence-corrected chi connectivity index (χ4v) is 1.70. The monoisotopic (exact) mass is 238 g/mol. The van der Waals surface area contributed by atoms with E-state index in [1.54, 1.807) is 0 Å². The molecule has 6 heteroatoms. The van der Waals surface area contributed by atoms with Crippen LogP contribution in [0.25, 0.3) is 10.9 Å². The molecule has 0 amide bonds. The molecule has 0 spiro atoms. The van der Waals surface area contributed by atoms with E-state index >= 15 is 0 Å². The van der Waals surface area contributed by atoms with Gasteiger partial charge in [0.15, 0.2) is 0 Å². The molecule has 5 nitrogen and oxygen atoms in total. The van der Waals surface area contributed by atoms with Crippen LogP contribution in [-0.4, -0.2) is 15.0 Å². The Balaban J connectivity index is 2.70. The predicted octanol–water partition coefficient (Wildman–Crippen LogP) is 2.29. The van der Waals surface area contributed by atoms with Gasteiger partial charge >= 0.3 is 0 Å². The number of aromatic nitrogens is 1. The molecule has 1 aromatic carbocycles. The topological polar surface area (TPSA) is 76.3 Å². The Bertz CT molecular complexity index is 571. The molecule has 2 aromatic rings. The average Bonchev–Trinajstić information content (AvgIpc) is 2.28. The summed E-state index contributed by atoms with van der Waals surface area (Å²) in [6.45, 7) is -0.216. The zero-order valence-corrected chi connectivity index (χ0v) is 8.81. The summed E-state index contributed by atoms with van der Waals surface area (Å²) in [5.41, 5.74) is 0.932. The molecule has 0 fully saturated rings. The molecule has 1 N–H and O–H groups in total. The van der Waals surface area contributed by atoms with Crippen LogP contribution >= 0.6 is 11.6 Å². The van der Waals surface area contributed by atoms with Crippen molar-refractivity contribution in [2.75, 3.05) is 0 Å². The Morgan fingerprint density at radius 3 is 2.81 bits per heavy atom. The molecule has 0 saturated heterocycles. The third-order valence-electron chi connectivity index (χ3n) is 2.17. The van der Waals surface area contributed by atoms with Gasteiger partial charge in [-0.3, -0.25) is 15.1 Å². The molecule has 1 heterocycles. The number of nitro groups is 1. The average molecular weight is 239 g/mol. The third-order valence-corrected chi connectivity index (χ3v) is 2.48. The molecule has 0 aliphatic rings. The lowest BCUT2D eigenvalue weighted by molar-refractivity contribution is -0.384. The molecule has 16 heavy (non-hydrogen) atoms. The minimum Gasteiger partial charge on any atom is -0.390 e. The van der Waals surface area contributed by atoms with Crippen molar-refractivity contribution in [1.82, 2.24) is 4.98 Å². The summed E-state index contributed by atoms with van der Waals surface area (Å²) in [7, 11) is 0. The summed E-state index contributed by atoms with van der Waals surface area (Å²) in [6, 6.07) is 5.73. The highest BCUT2D eigenvalue weighted by Crippen LogP contribution is 2.26. The van der Waals surface area contributed by atoms with Crippen LogP contribution in [-0.2, 0) is 6.61 Å². The molecule has 0 aliphatic heterocycles. The van der Waals surface area contributed by atoms with Crippen LogP contribution in [0.4, 0.5) is 5.69 Å². The maximum atomic E-state index is 10.6. The van der Waals surface area contributed by atoms with E-state index in [0.717, 1.165) is 0 Å². The molecule has 0 unspecified atom stereocenters. The van der Waals surface area contributed by atoms with E-state index in [9.17, 15) is 10.1 Å². The van der Waals surface area contributed by atoms with Crippen LogP contribution in [0.5, 0.6) is 0 Å². The summed E-state index contributed by atoms with van der Waals surface area (Å²) in [5.74, 6) is 0. The van der Waals surface area contributed by atoms with Gasteiger partial charge in [-0.2, -0.15) is 0 Å². The van der Waals surface area contributed by atoms with Crippen molar-refractivity contribution in [2.45, 2.75) is 6.61 Å². The number of hydrogen-bond donors (Lipinski definition) is 1. The van der Waals surface area contributed by atoms with E-state index in [4.69, 9.17) is 16.7 Å². The Hall–Kier alpha value is -1.72. The number of nitrogens with zero attached hydrogens (tertiary/aromatic N) is 2. The number of aliphatic hydroxyl groups excluding tert-OH is 1. The zero-order valence-electron chi connectivity index (χ0n) is 8.05. The molecule has 82 valence electrons. The van der Waals surface area contributed by atoms with E-state index in [2.05, 4.69) is 4.98 Å². The van der Waals surface area contributed by atoms with Gasteiger partial charge in [0.2, 0.25) is 0 Å². The summed E-state index contributed by atoms with van der Waals surface area (Å²) in [5, 5.41) is 20.4. The second-order valence-electron chi connectivity index (χ2n) is 3.21. The number of aliphatic hydroxyl groups is 1. The lowest BCUT2D eigenvalue weighted by atomic mass is 10.2. The van der Waals surface area contributed by atoms with Gasteiger partial charge in [0.05, 0.1) is 27.8 Å². The van der Waals surface area contributed by atoms with Crippen LogP contribution in [0.3, 0.4) is 0 Å². The smallest absolute Gasteiger partial charge is 0.270 e. The summed E-state index contributed by atoms with van der Waals surface area (Å²) < 4.78 is 0. The fourth-order valence-electron chi connectivity index (χ4n) is 1.42. The van der Waals surface area contributed by atoms with E-state index in [0.29, 0.717) is 21.6 Å². The number of hydrogen-bond acceptors (Lipinski definition) is 4. The minimum absolute atomic E-state index is 0.0343. The Morgan fingerprint density at radius 2 is 2.19 bits per heavy atom. The number of fused-ring (bicyclic) bond motifs is 1. The molecule has 1 aromatic heterocycles. The van der Waals surface area contributed by atoms with E-state index in [1.807, 2.05) is 0 Å². The molecular formula is C10H7ClN2O3. The largest absolute Gasteiger partial charge is 0.390 e. The first-order valence-corrected chi connectivity index (χ1v) is 4.84. The van der Waals surface area contributed by atoms with Crippen molar-refractivity contribution in [3.63, 3.8) is 0 Å². The maximum Gasteiger partial charge on any atom is 0.270 e. The van der Waals surface area contributed by atoms with Gasteiger partial charge in [0.25, 0.3) is 5.69 Å². The van der Waals surface area contributed by atoms with Crippen LogP contribution in [0.15, 0.2) is 24.3 Å². The fraction of sp³-hybridized carbons (Fsp3) is 0.100. The Morgan fingerprint density at radius 1 is 1.44 bits per heavy atom. The molecule has 0 radical (unpaired) electrons. The van der Waals surface area contributed by atoms with Crippen LogP contribution in [0, 0.1) is 10.1 Å².